The largest absolute Gasteiger partial charge is 0.380 e. The molecule has 0 fully saturated rings. The third-order valence-corrected chi connectivity index (χ3v) is 2.15. The zero-order chi connectivity index (χ0) is 11.1. The van der Waals surface area contributed by atoms with Crippen LogP contribution in [0.15, 0.2) is 6.20 Å². The second-order valence-corrected chi connectivity index (χ2v) is 3.56. The highest BCUT2D eigenvalue weighted by atomic mass is 16.5. The van der Waals surface area contributed by atoms with Gasteiger partial charge in [-0.25, -0.2) is 0 Å². The van der Waals surface area contributed by atoms with E-state index in [1.165, 1.54) is 0 Å². The lowest BCUT2D eigenvalue weighted by atomic mass is 10.3. The lowest BCUT2D eigenvalue weighted by molar-refractivity contribution is 0.144. The summed E-state index contributed by atoms with van der Waals surface area (Å²) >= 11 is 0. The second kappa shape index (κ2) is 6.45. The van der Waals surface area contributed by atoms with Gasteiger partial charge in [0.05, 0.1) is 18.0 Å². The second-order valence-electron chi connectivity index (χ2n) is 3.56. The first kappa shape index (κ1) is 12.0. The van der Waals surface area contributed by atoms with Gasteiger partial charge in [0.15, 0.2) is 0 Å². The van der Waals surface area contributed by atoms with Crippen molar-refractivity contribution in [3.05, 3.63) is 11.9 Å². The predicted molar refractivity (Wildman–Crippen MR) is 62.2 cm³/mol. The van der Waals surface area contributed by atoms with Crippen molar-refractivity contribution in [2.24, 2.45) is 7.05 Å². The monoisotopic (exact) mass is 211 g/mol. The minimum atomic E-state index is 0.756. The van der Waals surface area contributed by atoms with E-state index in [2.05, 4.69) is 24.3 Å². The molecule has 4 heteroatoms. The van der Waals surface area contributed by atoms with Crippen molar-refractivity contribution in [1.82, 2.24) is 9.78 Å². The van der Waals surface area contributed by atoms with Gasteiger partial charge in [0.25, 0.3) is 0 Å². The van der Waals surface area contributed by atoms with Crippen molar-refractivity contribution in [1.29, 1.82) is 0 Å². The van der Waals surface area contributed by atoms with Crippen molar-refractivity contribution in [3.63, 3.8) is 0 Å². The number of anilines is 1. The average molecular weight is 211 g/mol. The van der Waals surface area contributed by atoms with Crippen molar-refractivity contribution in [3.8, 4) is 0 Å². The molecule has 0 aromatic carbocycles. The molecular formula is C11H21N3O. The van der Waals surface area contributed by atoms with Crippen LogP contribution in [-0.2, 0) is 18.2 Å². The molecule has 1 N–H and O–H groups in total. The van der Waals surface area contributed by atoms with Crippen LogP contribution in [0.5, 0.6) is 0 Å². The molecule has 0 aliphatic rings. The molecule has 1 aromatic rings. The van der Waals surface area contributed by atoms with Gasteiger partial charge in [0.2, 0.25) is 0 Å². The molecule has 0 aliphatic carbocycles. The summed E-state index contributed by atoms with van der Waals surface area (Å²) in [6.45, 7) is 6.67. The third kappa shape index (κ3) is 3.91. The van der Waals surface area contributed by atoms with Crippen LogP contribution >= 0.6 is 0 Å². The van der Waals surface area contributed by atoms with E-state index in [-0.39, 0.29) is 0 Å². The summed E-state index contributed by atoms with van der Waals surface area (Å²) in [4.78, 5) is 0. The number of aryl methyl sites for hydroxylation is 2. The molecule has 0 aliphatic heterocycles. The Morgan fingerprint density at radius 2 is 2.20 bits per heavy atom. The molecule has 15 heavy (non-hydrogen) atoms. The summed E-state index contributed by atoms with van der Waals surface area (Å²) in [7, 11) is 1.94. The maximum atomic E-state index is 5.40. The molecule has 0 bridgehead atoms. The van der Waals surface area contributed by atoms with Gasteiger partial charge < -0.3 is 10.1 Å². The van der Waals surface area contributed by atoms with Crippen LogP contribution in [0.4, 0.5) is 5.69 Å². The first-order chi connectivity index (χ1) is 7.27. The van der Waals surface area contributed by atoms with Crippen molar-refractivity contribution in [2.45, 2.75) is 26.7 Å². The van der Waals surface area contributed by atoms with Crippen LogP contribution in [0, 0.1) is 0 Å². The lowest BCUT2D eigenvalue weighted by Gasteiger charge is -2.05. The maximum Gasteiger partial charge on any atom is 0.0853 e. The molecule has 1 rings (SSSR count). The van der Waals surface area contributed by atoms with E-state index in [4.69, 9.17) is 4.74 Å². The zero-order valence-corrected chi connectivity index (χ0v) is 9.92. The number of nitrogens with zero attached hydrogens (tertiary/aromatic N) is 2. The van der Waals surface area contributed by atoms with E-state index < -0.39 is 0 Å². The molecule has 0 saturated carbocycles. The number of nitrogens with one attached hydrogen (secondary N) is 1. The molecule has 0 radical (unpaired) electrons. The Balaban J connectivity index is 2.30. The lowest BCUT2D eigenvalue weighted by Crippen LogP contribution is -2.10. The molecule has 0 unspecified atom stereocenters. The summed E-state index contributed by atoms with van der Waals surface area (Å²) < 4.78 is 7.24. The van der Waals surface area contributed by atoms with Gasteiger partial charge in [-0.15, -0.1) is 0 Å². The number of aromatic nitrogens is 2. The van der Waals surface area contributed by atoms with E-state index in [1.807, 2.05) is 17.9 Å². The predicted octanol–water partition coefficient (Wildman–Crippen LogP) is 1.82. The Hall–Kier alpha value is -1.03. The SMILES string of the molecule is CCCOCCNc1cn(C)nc1CC. The van der Waals surface area contributed by atoms with Gasteiger partial charge in [0.1, 0.15) is 0 Å². The highest BCUT2D eigenvalue weighted by molar-refractivity contribution is 5.46. The molecule has 4 nitrogen and oxygen atoms in total. The molecule has 0 amide bonds. The smallest absolute Gasteiger partial charge is 0.0853 e. The Bertz CT molecular complexity index is 283. The standard InChI is InChI=1S/C11H21N3O/c1-4-7-15-8-6-12-11-9-14(3)13-10(11)5-2/h9,12H,4-8H2,1-3H3. The van der Waals surface area contributed by atoms with E-state index in [0.29, 0.717) is 0 Å². The maximum absolute atomic E-state index is 5.40. The topological polar surface area (TPSA) is 39.1 Å². The van der Waals surface area contributed by atoms with Crippen molar-refractivity contribution < 1.29 is 4.74 Å². The normalized spacial score (nSPS) is 10.6. The van der Waals surface area contributed by atoms with E-state index in [9.17, 15) is 0 Å². The number of rotatable bonds is 7. The van der Waals surface area contributed by atoms with Crippen molar-refractivity contribution in [2.75, 3.05) is 25.1 Å². The van der Waals surface area contributed by atoms with Gasteiger partial charge in [0, 0.05) is 26.4 Å². The number of hydrogen-bond donors (Lipinski definition) is 1. The quantitative estimate of drug-likeness (QED) is 0.699. The van der Waals surface area contributed by atoms with Crippen LogP contribution < -0.4 is 5.32 Å². The van der Waals surface area contributed by atoms with Crippen LogP contribution in [-0.4, -0.2) is 29.5 Å². The van der Waals surface area contributed by atoms with Gasteiger partial charge in [-0.2, -0.15) is 5.10 Å². The first-order valence-corrected chi connectivity index (χ1v) is 5.62. The molecule has 86 valence electrons. The third-order valence-electron chi connectivity index (χ3n) is 2.15. The Morgan fingerprint density at radius 3 is 2.87 bits per heavy atom. The van der Waals surface area contributed by atoms with E-state index in [1.54, 1.807) is 0 Å². The minimum absolute atomic E-state index is 0.756. The molecule has 1 aromatic heterocycles. The van der Waals surface area contributed by atoms with E-state index in [0.717, 1.165) is 44.0 Å². The van der Waals surface area contributed by atoms with Crippen LogP contribution in [0.2, 0.25) is 0 Å². The fourth-order valence-corrected chi connectivity index (χ4v) is 1.45. The number of ether oxygens (including phenoxy) is 1. The fraction of sp³-hybridized carbons (Fsp3) is 0.727. The van der Waals surface area contributed by atoms with Gasteiger partial charge in [-0.3, -0.25) is 4.68 Å². The molecular weight excluding hydrogens is 190 g/mol. The molecule has 0 saturated heterocycles. The Morgan fingerprint density at radius 1 is 1.40 bits per heavy atom. The average Bonchev–Trinajstić information content (AvgIpc) is 2.59. The van der Waals surface area contributed by atoms with E-state index >= 15 is 0 Å². The van der Waals surface area contributed by atoms with Crippen LogP contribution in [0.3, 0.4) is 0 Å². The van der Waals surface area contributed by atoms with Crippen molar-refractivity contribution >= 4 is 5.69 Å². The fourth-order valence-electron chi connectivity index (χ4n) is 1.45. The summed E-state index contributed by atoms with van der Waals surface area (Å²) in [6, 6.07) is 0. The zero-order valence-electron chi connectivity index (χ0n) is 9.92. The van der Waals surface area contributed by atoms with Crippen LogP contribution in [0.1, 0.15) is 26.0 Å². The highest BCUT2D eigenvalue weighted by Gasteiger charge is 2.03. The van der Waals surface area contributed by atoms with Gasteiger partial charge >= 0.3 is 0 Å². The Labute approximate surface area is 91.6 Å². The molecule has 0 spiro atoms. The minimum Gasteiger partial charge on any atom is -0.380 e. The molecule has 0 atom stereocenters. The summed E-state index contributed by atoms with van der Waals surface area (Å²) in [5.74, 6) is 0. The Kier molecular flexibility index (Phi) is 5.18. The summed E-state index contributed by atoms with van der Waals surface area (Å²) in [5.41, 5.74) is 2.24. The summed E-state index contributed by atoms with van der Waals surface area (Å²) in [6.07, 6.45) is 4.05. The van der Waals surface area contributed by atoms with Gasteiger partial charge in [-0.05, 0) is 12.8 Å². The number of hydrogen-bond acceptors (Lipinski definition) is 3. The first-order valence-electron chi connectivity index (χ1n) is 5.62. The van der Waals surface area contributed by atoms with Crippen LogP contribution in [0.25, 0.3) is 0 Å². The summed E-state index contributed by atoms with van der Waals surface area (Å²) in [5, 5.41) is 7.69. The highest BCUT2D eigenvalue weighted by Crippen LogP contribution is 2.12. The van der Waals surface area contributed by atoms with Gasteiger partial charge in [-0.1, -0.05) is 13.8 Å². The molecule has 1 heterocycles.